The number of aryl methyl sites for hydroxylation is 3. The SMILES string of the molecule is CCc1cc(CNCc2ncccc2CC)n(CC)n1. The van der Waals surface area contributed by atoms with Gasteiger partial charge in [-0.2, -0.15) is 5.10 Å². The van der Waals surface area contributed by atoms with Crippen LogP contribution in [0.1, 0.15) is 43.4 Å². The molecule has 4 nitrogen and oxygen atoms in total. The summed E-state index contributed by atoms with van der Waals surface area (Å²) < 4.78 is 2.07. The fourth-order valence-electron chi connectivity index (χ4n) is 2.37. The van der Waals surface area contributed by atoms with E-state index in [1.807, 2.05) is 12.3 Å². The van der Waals surface area contributed by atoms with Crippen LogP contribution in [-0.2, 0) is 32.5 Å². The van der Waals surface area contributed by atoms with Gasteiger partial charge in [-0.05, 0) is 37.5 Å². The van der Waals surface area contributed by atoms with Gasteiger partial charge in [-0.3, -0.25) is 9.67 Å². The summed E-state index contributed by atoms with van der Waals surface area (Å²) in [5.74, 6) is 0. The molecular formula is C16H24N4. The van der Waals surface area contributed by atoms with Crippen molar-refractivity contribution in [2.75, 3.05) is 0 Å². The molecule has 0 unspecified atom stereocenters. The lowest BCUT2D eigenvalue weighted by molar-refractivity contribution is 0.573. The molecule has 20 heavy (non-hydrogen) atoms. The number of nitrogens with one attached hydrogen (secondary N) is 1. The van der Waals surface area contributed by atoms with Crippen molar-refractivity contribution < 1.29 is 0 Å². The Bertz CT molecular complexity index is 545. The lowest BCUT2D eigenvalue weighted by Crippen LogP contribution is -2.17. The van der Waals surface area contributed by atoms with Gasteiger partial charge < -0.3 is 5.32 Å². The summed E-state index contributed by atoms with van der Waals surface area (Å²) in [6.45, 7) is 8.99. The zero-order valence-corrected chi connectivity index (χ0v) is 12.7. The Morgan fingerprint density at radius 2 is 2.00 bits per heavy atom. The predicted octanol–water partition coefficient (Wildman–Crippen LogP) is 2.71. The second kappa shape index (κ2) is 7.20. The van der Waals surface area contributed by atoms with E-state index >= 15 is 0 Å². The van der Waals surface area contributed by atoms with Crippen LogP contribution in [0, 0.1) is 0 Å². The molecule has 108 valence electrons. The summed E-state index contributed by atoms with van der Waals surface area (Å²) in [6, 6.07) is 6.34. The third-order valence-corrected chi connectivity index (χ3v) is 3.54. The Kier molecular flexibility index (Phi) is 5.30. The fourth-order valence-corrected chi connectivity index (χ4v) is 2.37. The highest BCUT2D eigenvalue weighted by Crippen LogP contribution is 2.08. The van der Waals surface area contributed by atoms with E-state index in [0.717, 1.165) is 43.9 Å². The van der Waals surface area contributed by atoms with Crippen molar-refractivity contribution in [3.8, 4) is 0 Å². The van der Waals surface area contributed by atoms with Crippen LogP contribution < -0.4 is 5.32 Å². The highest BCUT2D eigenvalue weighted by atomic mass is 15.3. The van der Waals surface area contributed by atoms with Gasteiger partial charge in [0, 0.05) is 25.8 Å². The normalized spacial score (nSPS) is 10.9. The zero-order chi connectivity index (χ0) is 14.4. The second-order valence-corrected chi connectivity index (χ2v) is 4.86. The van der Waals surface area contributed by atoms with E-state index in [1.54, 1.807) is 0 Å². The molecule has 0 radical (unpaired) electrons. The Morgan fingerprint density at radius 3 is 2.70 bits per heavy atom. The molecule has 0 aliphatic heterocycles. The Balaban J connectivity index is 1.97. The molecular weight excluding hydrogens is 248 g/mol. The van der Waals surface area contributed by atoms with Crippen molar-refractivity contribution in [2.45, 2.75) is 53.2 Å². The van der Waals surface area contributed by atoms with Crippen molar-refractivity contribution in [1.82, 2.24) is 20.1 Å². The maximum absolute atomic E-state index is 4.57. The third kappa shape index (κ3) is 3.45. The molecule has 0 atom stereocenters. The number of rotatable bonds is 7. The Morgan fingerprint density at radius 1 is 1.15 bits per heavy atom. The quantitative estimate of drug-likeness (QED) is 0.842. The van der Waals surface area contributed by atoms with Gasteiger partial charge in [0.05, 0.1) is 17.1 Å². The smallest absolute Gasteiger partial charge is 0.0625 e. The largest absolute Gasteiger partial charge is 0.306 e. The molecule has 0 fully saturated rings. The summed E-state index contributed by atoms with van der Waals surface area (Å²) in [5.41, 5.74) is 4.88. The van der Waals surface area contributed by atoms with Crippen LogP contribution >= 0.6 is 0 Å². The lowest BCUT2D eigenvalue weighted by Gasteiger charge is -2.09. The number of hydrogen-bond donors (Lipinski definition) is 1. The molecule has 1 N–H and O–H groups in total. The highest BCUT2D eigenvalue weighted by molar-refractivity contribution is 5.19. The summed E-state index contributed by atoms with van der Waals surface area (Å²) in [6.07, 6.45) is 3.87. The first-order valence-electron chi connectivity index (χ1n) is 7.47. The van der Waals surface area contributed by atoms with Crippen LogP contribution in [0.15, 0.2) is 24.4 Å². The second-order valence-electron chi connectivity index (χ2n) is 4.86. The van der Waals surface area contributed by atoms with Crippen molar-refractivity contribution in [2.24, 2.45) is 0 Å². The molecule has 2 heterocycles. The topological polar surface area (TPSA) is 42.7 Å². The molecule has 0 spiro atoms. The first-order chi connectivity index (χ1) is 9.78. The molecule has 0 saturated carbocycles. The van der Waals surface area contributed by atoms with E-state index in [0.29, 0.717) is 0 Å². The average Bonchev–Trinajstić information content (AvgIpc) is 2.90. The zero-order valence-electron chi connectivity index (χ0n) is 12.7. The van der Waals surface area contributed by atoms with Crippen LogP contribution in [-0.4, -0.2) is 14.8 Å². The van der Waals surface area contributed by atoms with Crippen molar-refractivity contribution in [3.05, 3.63) is 47.0 Å². The minimum absolute atomic E-state index is 0.806. The van der Waals surface area contributed by atoms with Gasteiger partial charge in [0.25, 0.3) is 0 Å². The van der Waals surface area contributed by atoms with Crippen molar-refractivity contribution >= 4 is 0 Å². The number of aromatic nitrogens is 3. The summed E-state index contributed by atoms with van der Waals surface area (Å²) in [7, 11) is 0. The predicted molar refractivity (Wildman–Crippen MR) is 81.4 cm³/mol. The first kappa shape index (κ1) is 14.7. The molecule has 2 aromatic rings. The molecule has 2 rings (SSSR count). The minimum atomic E-state index is 0.806. The van der Waals surface area contributed by atoms with Gasteiger partial charge in [-0.25, -0.2) is 0 Å². The van der Waals surface area contributed by atoms with E-state index in [-0.39, 0.29) is 0 Å². The molecule has 4 heteroatoms. The van der Waals surface area contributed by atoms with Crippen LogP contribution in [0.3, 0.4) is 0 Å². The maximum atomic E-state index is 4.57. The number of hydrogen-bond acceptors (Lipinski definition) is 3. The minimum Gasteiger partial charge on any atom is -0.306 e. The maximum Gasteiger partial charge on any atom is 0.0625 e. The molecule has 0 aliphatic rings. The van der Waals surface area contributed by atoms with E-state index in [1.165, 1.54) is 11.3 Å². The summed E-state index contributed by atoms with van der Waals surface area (Å²) >= 11 is 0. The van der Waals surface area contributed by atoms with Gasteiger partial charge in [-0.15, -0.1) is 0 Å². The van der Waals surface area contributed by atoms with E-state index < -0.39 is 0 Å². The Hall–Kier alpha value is -1.68. The van der Waals surface area contributed by atoms with Gasteiger partial charge in [0.2, 0.25) is 0 Å². The van der Waals surface area contributed by atoms with E-state index in [9.17, 15) is 0 Å². The first-order valence-corrected chi connectivity index (χ1v) is 7.47. The van der Waals surface area contributed by atoms with Crippen LogP contribution in [0.2, 0.25) is 0 Å². The lowest BCUT2D eigenvalue weighted by atomic mass is 10.1. The number of pyridine rings is 1. The molecule has 0 aromatic carbocycles. The van der Waals surface area contributed by atoms with Crippen molar-refractivity contribution in [3.63, 3.8) is 0 Å². The van der Waals surface area contributed by atoms with E-state index in [4.69, 9.17) is 0 Å². The summed E-state index contributed by atoms with van der Waals surface area (Å²) in [4.78, 5) is 4.46. The third-order valence-electron chi connectivity index (χ3n) is 3.54. The van der Waals surface area contributed by atoms with Gasteiger partial charge in [0.15, 0.2) is 0 Å². The molecule has 2 aromatic heterocycles. The molecule has 0 amide bonds. The Labute approximate surface area is 121 Å². The van der Waals surface area contributed by atoms with E-state index in [2.05, 4.69) is 53.0 Å². The average molecular weight is 272 g/mol. The standard InChI is InChI=1S/C16H24N4/c1-4-13-8-7-9-18-16(13)12-17-11-15-10-14(5-2)19-20(15)6-3/h7-10,17H,4-6,11-12H2,1-3H3. The van der Waals surface area contributed by atoms with Gasteiger partial charge in [-0.1, -0.05) is 19.9 Å². The molecule has 0 saturated heterocycles. The summed E-state index contributed by atoms with van der Waals surface area (Å²) in [5, 5.41) is 8.05. The molecule has 0 aliphatic carbocycles. The van der Waals surface area contributed by atoms with Gasteiger partial charge >= 0.3 is 0 Å². The molecule has 0 bridgehead atoms. The highest BCUT2D eigenvalue weighted by Gasteiger charge is 2.06. The van der Waals surface area contributed by atoms with Gasteiger partial charge in [0.1, 0.15) is 0 Å². The van der Waals surface area contributed by atoms with Crippen LogP contribution in [0.25, 0.3) is 0 Å². The van der Waals surface area contributed by atoms with Crippen LogP contribution in [0.5, 0.6) is 0 Å². The number of nitrogens with zero attached hydrogens (tertiary/aromatic N) is 3. The monoisotopic (exact) mass is 272 g/mol. The fraction of sp³-hybridized carbons (Fsp3) is 0.500. The van der Waals surface area contributed by atoms with Crippen LogP contribution in [0.4, 0.5) is 0 Å². The van der Waals surface area contributed by atoms with Crippen molar-refractivity contribution in [1.29, 1.82) is 0 Å².